The maximum absolute atomic E-state index is 11.0. The summed E-state index contributed by atoms with van der Waals surface area (Å²) in [6.45, 7) is 0. The van der Waals surface area contributed by atoms with Crippen LogP contribution in [-0.4, -0.2) is 38.4 Å². The molecule has 9 nitrogen and oxygen atoms in total. The second-order valence-electron chi connectivity index (χ2n) is 4.78. The second kappa shape index (κ2) is 9.21. The summed E-state index contributed by atoms with van der Waals surface area (Å²) in [7, 11) is 3.32. The first-order chi connectivity index (χ1) is 12.6. The molecule has 2 aromatic heterocycles. The molecule has 0 unspecified atom stereocenters. The Bertz CT molecular complexity index is 920. The Morgan fingerprint density at radius 3 is 2.65 bits per heavy atom. The number of methoxy groups -OCH3 is 1. The molecule has 130 valence electrons. The van der Waals surface area contributed by atoms with E-state index in [1.807, 2.05) is 12.1 Å². The number of halogens is 1. The van der Waals surface area contributed by atoms with Crippen molar-refractivity contribution in [2.45, 2.75) is 0 Å². The van der Waals surface area contributed by atoms with Crippen LogP contribution in [0.4, 0.5) is 11.4 Å². The molecule has 0 amide bonds. The number of hydrogen-bond acceptors (Lipinski definition) is 8. The van der Waals surface area contributed by atoms with Crippen molar-refractivity contribution in [3.63, 3.8) is 0 Å². The van der Waals surface area contributed by atoms with Gasteiger partial charge in [-0.3, -0.25) is 4.68 Å². The standard InChI is InChI=1S/C15H12ClN6O2.O.Zn/c1-22-8-17-15(21-22)9-4-3-5-10(14(9)24-2)18-11-6-13(16)20-19-12(11)7-23;;/h3-6,8H,1-2H3,(H,18,20);;/q-1;;. The fraction of sp³-hybridized carbons (Fsp3) is 0.133. The van der Waals surface area contributed by atoms with Crippen molar-refractivity contribution in [2.24, 2.45) is 7.05 Å². The van der Waals surface area contributed by atoms with Crippen LogP contribution in [0, 0.1) is 0 Å². The molecule has 0 atom stereocenters. The monoisotopic (exact) mass is 423 g/mol. The quantitative estimate of drug-likeness (QED) is 0.488. The van der Waals surface area contributed by atoms with E-state index in [0.717, 1.165) is 0 Å². The van der Waals surface area contributed by atoms with Gasteiger partial charge in [0.05, 0.1) is 18.4 Å². The summed E-state index contributed by atoms with van der Waals surface area (Å²) >= 11 is 5.97. The molecule has 0 radical (unpaired) electrons. The molecule has 1 N–H and O–H groups in total. The van der Waals surface area contributed by atoms with Crippen LogP contribution in [0.5, 0.6) is 5.75 Å². The fourth-order valence-electron chi connectivity index (χ4n) is 2.18. The van der Waals surface area contributed by atoms with Crippen LogP contribution in [0.3, 0.4) is 0 Å². The van der Waals surface area contributed by atoms with E-state index in [1.54, 1.807) is 30.4 Å². The molecule has 26 heavy (non-hydrogen) atoms. The number of nitrogens with zero attached hydrogens (tertiary/aromatic N) is 5. The van der Waals surface area contributed by atoms with Gasteiger partial charge in [0.1, 0.15) is 11.5 Å². The summed E-state index contributed by atoms with van der Waals surface area (Å²) in [6, 6.07) is 6.93. The van der Waals surface area contributed by atoms with Gasteiger partial charge < -0.3 is 14.8 Å². The van der Waals surface area contributed by atoms with Crippen LogP contribution >= 0.6 is 11.6 Å². The van der Waals surface area contributed by atoms with Gasteiger partial charge in [0.2, 0.25) is 0 Å². The summed E-state index contributed by atoms with van der Waals surface area (Å²) in [4.78, 5) is 15.2. The summed E-state index contributed by atoms with van der Waals surface area (Å²) in [6.07, 6.45) is 3.31. The third kappa shape index (κ3) is 4.33. The molecule has 0 aliphatic heterocycles. The van der Waals surface area contributed by atoms with Gasteiger partial charge in [-0.25, -0.2) is 4.98 Å². The molecule has 0 aliphatic rings. The van der Waals surface area contributed by atoms with Gasteiger partial charge in [0, 0.05) is 13.3 Å². The average molecular weight is 425 g/mol. The minimum atomic E-state index is 0.0165. The zero-order chi connectivity index (χ0) is 19.1. The zero-order valence-corrected chi connectivity index (χ0v) is 17.7. The number of nitrogens with one attached hydrogen (secondary N) is 1. The third-order valence-electron chi connectivity index (χ3n) is 3.19. The van der Waals surface area contributed by atoms with E-state index in [9.17, 15) is 4.79 Å². The molecule has 0 saturated carbocycles. The van der Waals surface area contributed by atoms with Gasteiger partial charge in [-0.1, -0.05) is 29.4 Å². The fourth-order valence-corrected chi connectivity index (χ4v) is 2.32. The normalized spacial score (nSPS) is 9.88. The maximum atomic E-state index is 11.0. The van der Waals surface area contributed by atoms with Crippen molar-refractivity contribution in [1.82, 2.24) is 25.0 Å². The number of hydrogen-bond donors (Lipinski definition) is 1. The van der Waals surface area contributed by atoms with Crippen LogP contribution in [0.2, 0.25) is 5.15 Å². The van der Waals surface area contributed by atoms with Crippen molar-refractivity contribution in [3.05, 3.63) is 41.4 Å². The van der Waals surface area contributed by atoms with Crippen LogP contribution in [0.1, 0.15) is 5.69 Å². The van der Waals surface area contributed by atoms with Gasteiger partial charge in [-0.15, -0.1) is 5.10 Å². The number of rotatable bonds is 5. The average Bonchev–Trinajstić information content (AvgIpc) is 3.09. The van der Waals surface area contributed by atoms with E-state index < -0.39 is 0 Å². The second-order valence-corrected chi connectivity index (χ2v) is 5.17. The topological polar surface area (TPSA) is 112 Å². The summed E-state index contributed by atoms with van der Waals surface area (Å²) in [5, 5.41) is 14.8. The van der Waals surface area contributed by atoms with Gasteiger partial charge in [-0.05, 0) is 17.8 Å². The Morgan fingerprint density at radius 2 is 2.04 bits per heavy atom. The van der Waals surface area contributed by atoms with Crippen LogP contribution in [0.15, 0.2) is 30.6 Å². The molecule has 3 rings (SSSR count). The first-order valence-corrected chi connectivity index (χ1v) is 8.71. The van der Waals surface area contributed by atoms with Crippen LogP contribution < -0.4 is 10.1 Å². The van der Waals surface area contributed by atoms with Gasteiger partial charge in [0.15, 0.2) is 11.6 Å². The SMILES string of the molecule is COc1c(Nc2cc(Cl)nnc2[C-]=O)cccc1-c1ncn(C)n1.[O]=[Zn]. The molecule has 11 heteroatoms. The molecule has 0 bridgehead atoms. The molecule has 0 fully saturated rings. The van der Waals surface area contributed by atoms with E-state index in [4.69, 9.17) is 19.9 Å². The first kappa shape index (κ1) is 19.7. The van der Waals surface area contributed by atoms with E-state index in [1.165, 1.54) is 13.2 Å². The van der Waals surface area contributed by atoms with Crippen molar-refractivity contribution in [2.75, 3.05) is 12.4 Å². The summed E-state index contributed by atoms with van der Waals surface area (Å²) in [5.41, 5.74) is 1.69. The number of benzene rings is 1. The predicted molar refractivity (Wildman–Crippen MR) is 88.8 cm³/mol. The van der Waals surface area contributed by atoms with Crippen LogP contribution in [-0.2, 0) is 33.7 Å². The molecular weight excluding hydrogens is 413 g/mol. The van der Waals surface area contributed by atoms with E-state index >= 15 is 0 Å². The van der Waals surface area contributed by atoms with Crippen LogP contribution in [0.25, 0.3) is 11.4 Å². The number of anilines is 2. The van der Waals surface area contributed by atoms with Crippen molar-refractivity contribution in [1.29, 1.82) is 0 Å². The Balaban J connectivity index is 0.00000117. The molecule has 1 aromatic carbocycles. The first-order valence-electron chi connectivity index (χ1n) is 7.12. The van der Waals surface area contributed by atoms with E-state index in [0.29, 0.717) is 28.5 Å². The molecule has 2 heterocycles. The zero-order valence-electron chi connectivity index (χ0n) is 13.9. The number of ether oxygens (including phenoxy) is 1. The van der Waals surface area contributed by atoms with E-state index in [2.05, 4.69) is 25.6 Å². The Morgan fingerprint density at radius 1 is 1.27 bits per heavy atom. The number of aromatic nitrogens is 5. The number of aryl methyl sites for hydroxylation is 1. The number of para-hydroxylation sites is 1. The predicted octanol–water partition coefficient (Wildman–Crippen LogP) is 2.01. The van der Waals surface area contributed by atoms with Gasteiger partial charge in [-0.2, -0.15) is 10.2 Å². The molecular formula is C15H12ClN6O3Zn-. The van der Waals surface area contributed by atoms with Gasteiger partial charge >= 0.3 is 21.8 Å². The summed E-state index contributed by atoms with van der Waals surface area (Å²) in [5.74, 6) is 1.04. The summed E-state index contributed by atoms with van der Waals surface area (Å²) < 4.78 is 15.5. The molecule has 0 saturated heterocycles. The Hall–Kier alpha value is -2.58. The molecule has 0 aliphatic carbocycles. The third-order valence-corrected chi connectivity index (χ3v) is 3.37. The molecule has 0 spiro atoms. The Kier molecular flexibility index (Phi) is 7.00. The molecule has 3 aromatic rings. The van der Waals surface area contributed by atoms with Gasteiger partial charge in [0.25, 0.3) is 0 Å². The Labute approximate surface area is 163 Å². The number of carbonyl (C=O) groups excluding carboxylic acids is 1. The van der Waals surface area contributed by atoms with Crippen molar-refractivity contribution < 1.29 is 31.4 Å². The minimum absolute atomic E-state index is 0.0165. The van der Waals surface area contributed by atoms with Crippen molar-refractivity contribution in [3.8, 4) is 17.1 Å². The van der Waals surface area contributed by atoms with Crippen molar-refractivity contribution >= 4 is 29.3 Å². The van der Waals surface area contributed by atoms with E-state index in [-0.39, 0.29) is 29.1 Å².